The van der Waals surface area contributed by atoms with E-state index in [1.165, 1.54) is 18.3 Å². The molecule has 0 spiro atoms. The van der Waals surface area contributed by atoms with Crippen LogP contribution in [0.1, 0.15) is 15.9 Å². The molecule has 0 radical (unpaired) electrons. The average molecular weight is 493 g/mol. The van der Waals surface area contributed by atoms with Crippen LogP contribution >= 0.6 is 47.8 Å². The van der Waals surface area contributed by atoms with E-state index in [0.29, 0.717) is 14.5 Å². The summed E-state index contributed by atoms with van der Waals surface area (Å²) in [6.45, 7) is 0. The number of aromatic hydroxyl groups is 2. The normalized spacial score (nSPS) is 10.9. The van der Waals surface area contributed by atoms with Crippen molar-refractivity contribution >= 4 is 59.9 Å². The molecule has 2 aromatic rings. The van der Waals surface area contributed by atoms with Crippen LogP contribution in [0.25, 0.3) is 0 Å². The molecule has 3 N–H and O–H groups in total. The fraction of sp³-hybridized carbons (Fsp3) is 0. The number of benzene rings is 2. The number of nitrogens with zero attached hydrogens (tertiary/aromatic N) is 1. The van der Waals surface area contributed by atoms with Crippen molar-refractivity contribution < 1.29 is 15.0 Å². The van der Waals surface area contributed by atoms with Gasteiger partial charge in [-0.2, -0.15) is 5.10 Å². The fourth-order valence-electron chi connectivity index (χ4n) is 1.59. The molecule has 2 rings (SSSR count). The second kappa shape index (κ2) is 7.26. The van der Waals surface area contributed by atoms with Crippen molar-refractivity contribution in [2.45, 2.75) is 0 Å². The summed E-state index contributed by atoms with van der Waals surface area (Å²) >= 11 is 9.62. The molecule has 0 aliphatic heterocycles. The third kappa shape index (κ3) is 4.08. The largest absolute Gasteiger partial charge is 0.507 e. The first-order valence-electron chi connectivity index (χ1n) is 5.88. The highest BCUT2D eigenvalue weighted by molar-refractivity contribution is 9.11. The topological polar surface area (TPSA) is 81.9 Å². The zero-order valence-corrected chi connectivity index (χ0v) is 15.6. The molecule has 114 valence electrons. The standard InChI is InChI=1S/C14H9Br3N2O3/c15-8-2-1-7(12(20)5-8)6-18-19-14(22)10-3-9(16)4-11(17)13(10)21/h1-6,20-21H,(H,19,22)/b18-6-. The molecule has 1 amide bonds. The van der Waals surface area contributed by atoms with Crippen LogP contribution in [0.3, 0.4) is 0 Å². The number of phenolic OH excluding ortho intramolecular Hbond substituents is 2. The SMILES string of the molecule is O=C(N/N=C\c1ccc(Br)cc1O)c1cc(Br)cc(Br)c1O. The number of hydrogen-bond acceptors (Lipinski definition) is 4. The average Bonchev–Trinajstić information content (AvgIpc) is 2.45. The van der Waals surface area contributed by atoms with E-state index in [1.54, 1.807) is 18.2 Å². The predicted octanol–water partition coefficient (Wildman–Crippen LogP) is 4.15. The number of nitrogens with one attached hydrogen (secondary N) is 1. The number of hydrogen-bond donors (Lipinski definition) is 3. The Kier molecular flexibility index (Phi) is 5.60. The minimum absolute atomic E-state index is 0.0282. The Morgan fingerprint density at radius 1 is 1.09 bits per heavy atom. The van der Waals surface area contributed by atoms with Crippen LogP contribution in [0.15, 0.2) is 48.9 Å². The second-order valence-electron chi connectivity index (χ2n) is 4.19. The van der Waals surface area contributed by atoms with Gasteiger partial charge in [-0.1, -0.05) is 31.9 Å². The van der Waals surface area contributed by atoms with Gasteiger partial charge >= 0.3 is 0 Å². The van der Waals surface area contributed by atoms with E-state index >= 15 is 0 Å². The summed E-state index contributed by atoms with van der Waals surface area (Å²) in [5.41, 5.74) is 2.81. The Labute approximate surface area is 151 Å². The number of hydrazone groups is 1. The lowest BCUT2D eigenvalue weighted by atomic mass is 10.2. The van der Waals surface area contributed by atoms with Crippen LogP contribution in [0, 0.1) is 0 Å². The molecule has 0 fully saturated rings. The maximum absolute atomic E-state index is 12.0. The summed E-state index contributed by atoms with van der Waals surface area (Å²) in [6.07, 6.45) is 1.31. The van der Waals surface area contributed by atoms with Crippen molar-refractivity contribution in [1.82, 2.24) is 5.43 Å². The highest BCUT2D eigenvalue weighted by Gasteiger charge is 2.14. The van der Waals surface area contributed by atoms with Crippen LogP contribution in [-0.4, -0.2) is 22.3 Å². The molecular formula is C14H9Br3N2O3. The van der Waals surface area contributed by atoms with Gasteiger partial charge in [0.1, 0.15) is 11.5 Å². The molecule has 5 nitrogen and oxygen atoms in total. The molecule has 0 aliphatic carbocycles. The van der Waals surface area contributed by atoms with Gasteiger partial charge in [-0.05, 0) is 46.3 Å². The first-order valence-corrected chi connectivity index (χ1v) is 8.26. The third-order valence-electron chi connectivity index (χ3n) is 2.64. The first kappa shape index (κ1) is 17.0. The molecular weight excluding hydrogens is 484 g/mol. The Morgan fingerprint density at radius 2 is 1.82 bits per heavy atom. The molecule has 0 bridgehead atoms. The summed E-state index contributed by atoms with van der Waals surface area (Å²) < 4.78 is 1.76. The van der Waals surface area contributed by atoms with E-state index in [4.69, 9.17) is 0 Å². The van der Waals surface area contributed by atoms with Gasteiger partial charge in [-0.3, -0.25) is 4.79 Å². The first-order chi connectivity index (χ1) is 10.4. The monoisotopic (exact) mass is 490 g/mol. The Hall–Kier alpha value is -1.38. The maximum Gasteiger partial charge on any atom is 0.275 e. The lowest BCUT2D eigenvalue weighted by Gasteiger charge is -2.06. The van der Waals surface area contributed by atoms with Crippen LogP contribution in [0.5, 0.6) is 11.5 Å². The molecule has 22 heavy (non-hydrogen) atoms. The van der Waals surface area contributed by atoms with Crippen LogP contribution in [-0.2, 0) is 0 Å². The van der Waals surface area contributed by atoms with Crippen molar-refractivity contribution in [2.75, 3.05) is 0 Å². The summed E-state index contributed by atoms with van der Waals surface area (Å²) in [6, 6.07) is 7.99. The third-order valence-corrected chi connectivity index (χ3v) is 4.19. The molecule has 2 aromatic carbocycles. The minimum Gasteiger partial charge on any atom is -0.507 e. The van der Waals surface area contributed by atoms with Crippen molar-refractivity contribution in [3.63, 3.8) is 0 Å². The Balaban J connectivity index is 2.15. The van der Waals surface area contributed by atoms with Crippen LogP contribution in [0.4, 0.5) is 0 Å². The Bertz CT molecular complexity index is 763. The van der Waals surface area contributed by atoms with Gasteiger partial charge < -0.3 is 10.2 Å². The van der Waals surface area contributed by atoms with Gasteiger partial charge in [0.15, 0.2) is 0 Å². The summed E-state index contributed by atoms with van der Waals surface area (Å²) in [4.78, 5) is 12.0. The van der Waals surface area contributed by atoms with Gasteiger partial charge in [0.25, 0.3) is 5.91 Å². The van der Waals surface area contributed by atoms with E-state index in [2.05, 4.69) is 58.3 Å². The quantitative estimate of drug-likeness (QED) is 0.445. The summed E-state index contributed by atoms with van der Waals surface area (Å²) in [5, 5.41) is 23.3. The smallest absolute Gasteiger partial charge is 0.275 e. The van der Waals surface area contributed by atoms with E-state index in [9.17, 15) is 15.0 Å². The number of carbonyl (C=O) groups is 1. The molecule has 0 heterocycles. The summed E-state index contributed by atoms with van der Waals surface area (Å²) in [7, 11) is 0. The number of phenols is 2. The number of rotatable bonds is 3. The lowest BCUT2D eigenvalue weighted by Crippen LogP contribution is -2.17. The lowest BCUT2D eigenvalue weighted by molar-refractivity contribution is 0.0952. The minimum atomic E-state index is -0.577. The number of amides is 1. The van der Waals surface area contributed by atoms with Gasteiger partial charge in [0.2, 0.25) is 0 Å². The molecule has 8 heteroatoms. The van der Waals surface area contributed by atoms with Gasteiger partial charge in [-0.15, -0.1) is 0 Å². The van der Waals surface area contributed by atoms with E-state index in [-0.39, 0.29) is 17.1 Å². The Morgan fingerprint density at radius 3 is 2.50 bits per heavy atom. The maximum atomic E-state index is 12.0. The van der Waals surface area contributed by atoms with Crippen molar-refractivity contribution in [3.05, 3.63) is 54.9 Å². The van der Waals surface area contributed by atoms with Crippen LogP contribution < -0.4 is 5.43 Å². The van der Waals surface area contributed by atoms with Crippen molar-refractivity contribution in [2.24, 2.45) is 5.10 Å². The zero-order chi connectivity index (χ0) is 16.3. The molecule has 0 unspecified atom stereocenters. The van der Waals surface area contributed by atoms with E-state index in [1.807, 2.05) is 0 Å². The summed E-state index contributed by atoms with van der Waals surface area (Å²) in [5.74, 6) is -0.727. The molecule has 0 saturated carbocycles. The van der Waals surface area contributed by atoms with Gasteiger partial charge in [0, 0.05) is 14.5 Å². The number of halogens is 3. The highest BCUT2D eigenvalue weighted by atomic mass is 79.9. The van der Waals surface area contributed by atoms with Gasteiger partial charge in [0.05, 0.1) is 16.3 Å². The highest BCUT2D eigenvalue weighted by Crippen LogP contribution is 2.31. The number of carbonyl (C=O) groups excluding carboxylic acids is 1. The van der Waals surface area contributed by atoms with E-state index < -0.39 is 5.91 Å². The van der Waals surface area contributed by atoms with E-state index in [0.717, 1.165) is 4.47 Å². The van der Waals surface area contributed by atoms with Gasteiger partial charge in [-0.25, -0.2) is 5.43 Å². The zero-order valence-electron chi connectivity index (χ0n) is 10.8. The second-order valence-corrected chi connectivity index (χ2v) is 6.87. The molecule has 0 saturated heterocycles. The van der Waals surface area contributed by atoms with Crippen LogP contribution in [0.2, 0.25) is 0 Å². The fourth-order valence-corrected chi connectivity index (χ4v) is 3.16. The van der Waals surface area contributed by atoms with Crippen molar-refractivity contribution in [1.29, 1.82) is 0 Å². The molecule has 0 atom stereocenters. The predicted molar refractivity (Wildman–Crippen MR) is 94.4 cm³/mol. The molecule has 0 aromatic heterocycles. The molecule has 0 aliphatic rings. The van der Waals surface area contributed by atoms with Crippen molar-refractivity contribution in [3.8, 4) is 11.5 Å².